The normalized spacial score (nSPS) is 20.7. The van der Waals surface area contributed by atoms with Gasteiger partial charge in [-0.3, -0.25) is 4.79 Å². The Balaban J connectivity index is 1.66. The van der Waals surface area contributed by atoms with Crippen LogP contribution in [0.5, 0.6) is 5.75 Å². The standard InChI is InChI=1S/C19H17F3N2O4S/c20-14-8-12(9-15(21)18(14)22)23-19(25)11-4-5-16-17(7-11)29(26,27)24-6-2-1-3-13(24)10-28-16/h4-5,7-9,13H,1-3,6,10H2,(H,23,25). The molecule has 0 saturated carbocycles. The van der Waals surface area contributed by atoms with Gasteiger partial charge in [0, 0.05) is 29.9 Å². The minimum Gasteiger partial charge on any atom is -0.490 e. The van der Waals surface area contributed by atoms with Crippen LogP contribution in [-0.4, -0.2) is 37.8 Å². The van der Waals surface area contributed by atoms with E-state index in [1.807, 2.05) is 0 Å². The molecule has 1 amide bonds. The molecule has 1 N–H and O–H groups in total. The third kappa shape index (κ3) is 3.58. The highest BCUT2D eigenvalue weighted by molar-refractivity contribution is 7.89. The topological polar surface area (TPSA) is 75.7 Å². The summed E-state index contributed by atoms with van der Waals surface area (Å²) in [5.74, 6) is -5.20. The molecule has 6 nitrogen and oxygen atoms in total. The van der Waals surface area contributed by atoms with E-state index >= 15 is 0 Å². The maximum absolute atomic E-state index is 13.4. The van der Waals surface area contributed by atoms with Gasteiger partial charge in [0.25, 0.3) is 5.91 Å². The van der Waals surface area contributed by atoms with Gasteiger partial charge in [0.15, 0.2) is 17.5 Å². The van der Waals surface area contributed by atoms with Gasteiger partial charge >= 0.3 is 0 Å². The number of amides is 1. The minimum atomic E-state index is -3.87. The molecule has 1 fully saturated rings. The third-order valence-electron chi connectivity index (χ3n) is 5.04. The van der Waals surface area contributed by atoms with Crippen LogP contribution in [0.3, 0.4) is 0 Å². The fraction of sp³-hybridized carbons (Fsp3) is 0.316. The SMILES string of the molecule is O=C(Nc1cc(F)c(F)c(F)c1)c1ccc2c(c1)S(=O)(=O)N1CCCCC1CO2. The van der Waals surface area contributed by atoms with Gasteiger partial charge in [-0.25, -0.2) is 21.6 Å². The Labute approximate surface area is 165 Å². The first-order chi connectivity index (χ1) is 13.8. The molecule has 1 unspecified atom stereocenters. The summed E-state index contributed by atoms with van der Waals surface area (Å²) in [7, 11) is -3.87. The zero-order valence-corrected chi connectivity index (χ0v) is 15.9. The van der Waals surface area contributed by atoms with E-state index < -0.39 is 33.4 Å². The molecule has 0 spiro atoms. The lowest BCUT2D eigenvalue weighted by molar-refractivity contribution is 0.102. The number of hydrogen-bond donors (Lipinski definition) is 1. The van der Waals surface area contributed by atoms with Crippen molar-refractivity contribution in [2.24, 2.45) is 0 Å². The highest BCUT2D eigenvalue weighted by Gasteiger charge is 2.38. The molecular formula is C19H17F3N2O4S. The summed E-state index contributed by atoms with van der Waals surface area (Å²) in [4.78, 5) is 12.4. The molecule has 2 aliphatic heterocycles. The lowest BCUT2D eigenvalue weighted by atomic mass is 10.1. The van der Waals surface area contributed by atoms with E-state index in [9.17, 15) is 26.4 Å². The largest absolute Gasteiger partial charge is 0.490 e. The van der Waals surface area contributed by atoms with E-state index in [0.717, 1.165) is 12.8 Å². The second-order valence-electron chi connectivity index (χ2n) is 6.95. The summed E-state index contributed by atoms with van der Waals surface area (Å²) in [5, 5.41) is 2.24. The number of benzene rings is 2. The van der Waals surface area contributed by atoms with E-state index in [-0.39, 0.29) is 34.5 Å². The number of halogens is 3. The van der Waals surface area contributed by atoms with Crippen molar-refractivity contribution in [3.63, 3.8) is 0 Å². The van der Waals surface area contributed by atoms with Gasteiger partial charge in [-0.15, -0.1) is 0 Å². The first-order valence-corrected chi connectivity index (χ1v) is 10.5. The maximum Gasteiger partial charge on any atom is 0.255 e. The van der Waals surface area contributed by atoms with Crippen molar-refractivity contribution < 1.29 is 31.1 Å². The number of rotatable bonds is 2. The predicted molar refractivity (Wildman–Crippen MR) is 97.7 cm³/mol. The van der Waals surface area contributed by atoms with Crippen molar-refractivity contribution in [2.75, 3.05) is 18.5 Å². The minimum absolute atomic E-state index is 0.0449. The zero-order chi connectivity index (χ0) is 20.8. The van der Waals surface area contributed by atoms with Gasteiger partial charge in [-0.2, -0.15) is 4.31 Å². The monoisotopic (exact) mass is 426 g/mol. The Morgan fingerprint density at radius 2 is 1.83 bits per heavy atom. The summed E-state index contributed by atoms with van der Waals surface area (Å²) < 4.78 is 73.0. The number of nitrogens with one attached hydrogen (secondary N) is 1. The van der Waals surface area contributed by atoms with Gasteiger partial charge < -0.3 is 10.1 Å². The zero-order valence-electron chi connectivity index (χ0n) is 15.1. The fourth-order valence-electron chi connectivity index (χ4n) is 3.57. The molecule has 1 atom stereocenters. The summed E-state index contributed by atoms with van der Waals surface area (Å²) in [6.45, 7) is 0.603. The molecule has 2 aromatic rings. The average molecular weight is 426 g/mol. The van der Waals surface area contributed by atoms with Crippen molar-refractivity contribution in [1.29, 1.82) is 0 Å². The first kappa shape index (κ1) is 19.7. The van der Waals surface area contributed by atoms with Crippen molar-refractivity contribution in [3.8, 4) is 5.75 Å². The lowest BCUT2D eigenvalue weighted by Crippen LogP contribution is -2.44. The molecule has 4 rings (SSSR count). The number of piperidine rings is 1. The van der Waals surface area contributed by atoms with Gasteiger partial charge in [-0.1, -0.05) is 6.42 Å². The smallest absolute Gasteiger partial charge is 0.255 e. The van der Waals surface area contributed by atoms with Crippen LogP contribution in [0.1, 0.15) is 29.6 Å². The number of sulfonamides is 1. The van der Waals surface area contributed by atoms with Crippen molar-refractivity contribution >= 4 is 21.6 Å². The van der Waals surface area contributed by atoms with Crippen molar-refractivity contribution in [2.45, 2.75) is 30.2 Å². The van der Waals surface area contributed by atoms with Gasteiger partial charge in [0.2, 0.25) is 10.0 Å². The molecule has 2 heterocycles. The van der Waals surface area contributed by atoms with E-state index in [1.165, 1.54) is 22.5 Å². The van der Waals surface area contributed by atoms with E-state index in [2.05, 4.69) is 5.32 Å². The molecule has 0 radical (unpaired) electrons. The maximum atomic E-state index is 13.4. The Morgan fingerprint density at radius 1 is 1.10 bits per heavy atom. The van der Waals surface area contributed by atoms with E-state index in [4.69, 9.17) is 4.74 Å². The average Bonchev–Trinajstić information content (AvgIpc) is 2.80. The van der Waals surface area contributed by atoms with Gasteiger partial charge in [0.1, 0.15) is 17.3 Å². The molecule has 1 saturated heterocycles. The quantitative estimate of drug-likeness (QED) is 0.748. The van der Waals surface area contributed by atoms with E-state index in [0.29, 0.717) is 25.1 Å². The Morgan fingerprint density at radius 3 is 2.55 bits per heavy atom. The second-order valence-corrected chi connectivity index (χ2v) is 8.80. The fourth-order valence-corrected chi connectivity index (χ4v) is 5.41. The van der Waals surface area contributed by atoms with Crippen LogP contribution in [0, 0.1) is 17.5 Å². The van der Waals surface area contributed by atoms with E-state index in [1.54, 1.807) is 0 Å². The highest BCUT2D eigenvalue weighted by atomic mass is 32.2. The number of nitrogens with zero attached hydrogens (tertiary/aromatic N) is 1. The van der Waals surface area contributed by atoms with Crippen LogP contribution in [0.15, 0.2) is 35.2 Å². The summed E-state index contributed by atoms with van der Waals surface area (Å²) in [6.07, 6.45) is 2.35. The molecule has 0 aromatic heterocycles. The number of anilines is 1. The Kier molecular flexibility index (Phi) is 4.99. The number of ether oxygens (including phenoxy) is 1. The molecule has 10 heteroatoms. The molecule has 29 heavy (non-hydrogen) atoms. The first-order valence-electron chi connectivity index (χ1n) is 9.02. The molecular weight excluding hydrogens is 409 g/mol. The van der Waals surface area contributed by atoms with Crippen LogP contribution < -0.4 is 10.1 Å². The van der Waals surface area contributed by atoms with Gasteiger partial charge in [0.05, 0.1) is 6.04 Å². The molecule has 2 aromatic carbocycles. The number of hydrogen-bond acceptors (Lipinski definition) is 4. The second kappa shape index (κ2) is 7.34. The number of carbonyl (C=O) groups is 1. The van der Waals surface area contributed by atoms with Crippen molar-refractivity contribution in [1.82, 2.24) is 4.31 Å². The van der Waals surface area contributed by atoms with Crippen LogP contribution in [0.4, 0.5) is 18.9 Å². The summed E-state index contributed by atoms with van der Waals surface area (Å²) in [5.41, 5.74) is -0.340. The molecule has 0 aliphatic carbocycles. The molecule has 154 valence electrons. The van der Waals surface area contributed by atoms with Crippen LogP contribution >= 0.6 is 0 Å². The number of fused-ring (bicyclic) bond motifs is 2. The highest BCUT2D eigenvalue weighted by Crippen LogP contribution is 2.35. The molecule has 0 bridgehead atoms. The summed E-state index contributed by atoms with van der Waals surface area (Å²) >= 11 is 0. The Hall–Kier alpha value is -2.59. The predicted octanol–water partition coefficient (Wildman–Crippen LogP) is 3.29. The number of carbonyl (C=O) groups excluding carboxylic acids is 1. The third-order valence-corrected chi connectivity index (χ3v) is 7.01. The lowest BCUT2D eigenvalue weighted by Gasteiger charge is -2.31. The Bertz CT molecular complexity index is 1070. The van der Waals surface area contributed by atoms with Crippen LogP contribution in [-0.2, 0) is 10.0 Å². The van der Waals surface area contributed by atoms with Gasteiger partial charge in [-0.05, 0) is 31.0 Å². The van der Waals surface area contributed by atoms with Crippen LogP contribution in [0.25, 0.3) is 0 Å². The summed E-state index contributed by atoms with van der Waals surface area (Å²) in [6, 6.07) is 4.92. The van der Waals surface area contributed by atoms with Crippen LogP contribution in [0.2, 0.25) is 0 Å². The molecule has 2 aliphatic rings. The van der Waals surface area contributed by atoms with Crippen molar-refractivity contribution in [3.05, 3.63) is 53.3 Å².